The number of hydrogen-bond donors (Lipinski definition) is 1. The molecule has 5 aromatic rings. The van der Waals surface area contributed by atoms with Gasteiger partial charge in [-0.05, 0) is 40.9 Å². The van der Waals surface area contributed by atoms with Crippen LogP contribution in [0.1, 0.15) is 5.69 Å². The maximum Gasteiger partial charge on any atom is 0.297 e. The Morgan fingerprint density at radius 3 is 2.60 bits per heavy atom. The summed E-state index contributed by atoms with van der Waals surface area (Å²) in [6.45, 7) is 1.97. The first-order valence-corrected chi connectivity index (χ1v) is 12.1. The molecule has 0 aliphatic rings. The number of aliphatic hydroxyl groups excluding tert-OH is 1. The van der Waals surface area contributed by atoms with E-state index in [9.17, 15) is 9.90 Å². The quantitative estimate of drug-likeness (QED) is 0.335. The van der Waals surface area contributed by atoms with E-state index in [0.717, 1.165) is 22.2 Å². The molecule has 2 aromatic heterocycles. The Bertz CT molecular complexity index is 1520. The third-order valence-electron chi connectivity index (χ3n) is 5.76. The summed E-state index contributed by atoms with van der Waals surface area (Å²) in [5.41, 5.74) is 1.60. The van der Waals surface area contributed by atoms with Crippen molar-refractivity contribution in [3.63, 3.8) is 0 Å². The van der Waals surface area contributed by atoms with Crippen LogP contribution in [0.2, 0.25) is 0 Å². The molecule has 0 spiro atoms. The molecular formula is C25H24N6O3S. The van der Waals surface area contributed by atoms with Crippen molar-refractivity contribution < 1.29 is 9.84 Å². The fourth-order valence-corrected chi connectivity index (χ4v) is 4.72. The number of aliphatic hydroxyl groups is 1. The van der Waals surface area contributed by atoms with E-state index in [2.05, 4.69) is 15.5 Å². The van der Waals surface area contributed by atoms with Gasteiger partial charge in [0, 0.05) is 18.2 Å². The number of nitrogens with zero attached hydrogens (tertiary/aromatic N) is 6. The van der Waals surface area contributed by atoms with Gasteiger partial charge in [0.05, 0.1) is 17.5 Å². The van der Waals surface area contributed by atoms with E-state index in [4.69, 9.17) is 4.74 Å². The minimum Gasteiger partial charge on any atom is -0.490 e. The Labute approximate surface area is 205 Å². The number of rotatable bonds is 8. The Morgan fingerprint density at radius 2 is 1.77 bits per heavy atom. The lowest BCUT2D eigenvalue weighted by molar-refractivity contribution is 0.127. The van der Waals surface area contributed by atoms with Gasteiger partial charge < -0.3 is 9.84 Å². The highest BCUT2D eigenvalue weighted by molar-refractivity contribution is 7.99. The molecule has 0 fully saturated rings. The Balaban J connectivity index is 1.31. The highest BCUT2D eigenvalue weighted by Gasteiger charge is 2.22. The topological polar surface area (TPSA) is 100.0 Å². The Hall–Kier alpha value is -3.89. The minimum absolute atomic E-state index is 0.119. The Morgan fingerprint density at radius 1 is 1.03 bits per heavy atom. The van der Waals surface area contributed by atoms with Crippen molar-refractivity contribution >= 4 is 22.5 Å². The summed E-state index contributed by atoms with van der Waals surface area (Å²) in [5, 5.41) is 24.9. The molecule has 35 heavy (non-hydrogen) atoms. The molecule has 5 rings (SSSR count). The molecule has 1 atom stereocenters. The van der Waals surface area contributed by atoms with Gasteiger partial charge in [0.25, 0.3) is 5.56 Å². The van der Waals surface area contributed by atoms with Gasteiger partial charge in [-0.25, -0.2) is 4.68 Å². The average molecular weight is 489 g/mol. The van der Waals surface area contributed by atoms with Crippen LogP contribution in [0.15, 0.2) is 82.7 Å². The van der Waals surface area contributed by atoms with Gasteiger partial charge >= 0.3 is 0 Å². The summed E-state index contributed by atoms with van der Waals surface area (Å²) in [6.07, 6.45) is -0.762. The molecule has 0 bridgehead atoms. The molecule has 1 N–H and O–H groups in total. The van der Waals surface area contributed by atoms with E-state index in [1.165, 1.54) is 16.4 Å². The van der Waals surface area contributed by atoms with Gasteiger partial charge in [-0.2, -0.15) is 4.68 Å². The van der Waals surface area contributed by atoms with E-state index >= 15 is 0 Å². The highest BCUT2D eigenvalue weighted by atomic mass is 32.2. The fraction of sp³-hybridized carbons (Fsp3) is 0.200. The molecule has 0 amide bonds. The number of aromatic nitrogens is 6. The first kappa shape index (κ1) is 22.9. The van der Waals surface area contributed by atoms with Crippen LogP contribution in [0, 0.1) is 6.92 Å². The van der Waals surface area contributed by atoms with Gasteiger partial charge in [-0.1, -0.05) is 66.4 Å². The summed E-state index contributed by atoms with van der Waals surface area (Å²) in [5.74, 6) is 1.02. The molecule has 0 aliphatic carbocycles. The summed E-state index contributed by atoms with van der Waals surface area (Å²) < 4.78 is 10.7. The minimum atomic E-state index is -0.762. The fourth-order valence-electron chi connectivity index (χ4n) is 3.93. The van der Waals surface area contributed by atoms with Crippen LogP contribution in [-0.2, 0) is 7.05 Å². The van der Waals surface area contributed by atoms with E-state index in [0.29, 0.717) is 22.3 Å². The van der Waals surface area contributed by atoms with Crippen LogP contribution < -0.4 is 10.3 Å². The lowest BCUT2D eigenvalue weighted by Crippen LogP contribution is -2.22. The number of benzene rings is 3. The van der Waals surface area contributed by atoms with Crippen LogP contribution in [0.4, 0.5) is 0 Å². The summed E-state index contributed by atoms with van der Waals surface area (Å²) in [7, 11) is 1.82. The number of para-hydroxylation sites is 1. The zero-order valence-corrected chi connectivity index (χ0v) is 20.1. The lowest BCUT2D eigenvalue weighted by atomic mass is 10.1. The number of fused-ring (bicyclic) bond motifs is 1. The second-order valence-corrected chi connectivity index (χ2v) is 9.02. The predicted molar refractivity (Wildman–Crippen MR) is 135 cm³/mol. The average Bonchev–Trinajstić information content (AvgIpc) is 3.43. The Kier molecular flexibility index (Phi) is 6.39. The van der Waals surface area contributed by atoms with Crippen molar-refractivity contribution in [2.75, 3.05) is 12.4 Å². The van der Waals surface area contributed by atoms with Gasteiger partial charge in [-0.3, -0.25) is 9.48 Å². The maximum absolute atomic E-state index is 13.3. The second-order valence-electron chi connectivity index (χ2n) is 8.04. The monoisotopic (exact) mass is 488 g/mol. The van der Waals surface area contributed by atoms with Crippen molar-refractivity contribution in [1.29, 1.82) is 0 Å². The molecule has 2 heterocycles. The van der Waals surface area contributed by atoms with Crippen molar-refractivity contribution in [3.05, 3.63) is 88.8 Å². The van der Waals surface area contributed by atoms with Crippen LogP contribution in [-0.4, -0.2) is 53.1 Å². The lowest BCUT2D eigenvalue weighted by Gasteiger charge is -2.13. The normalized spacial score (nSPS) is 12.2. The van der Waals surface area contributed by atoms with E-state index in [1.54, 1.807) is 9.36 Å². The van der Waals surface area contributed by atoms with Gasteiger partial charge in [0.15, 0.2) is 5.69 Å². The third kappa shape index (κ3) is 4.45. The first-order chi connectivity index (χ1) is 17.0. The van der Waals surface area contributed by atoms with Crippen LogP contribution in [0.25, 0.3) is 22.1 Å². The SMILES string of the molecule is Cc1c(-n2nnnc2SCC(O)COc2cccc3ccccc23)c(=O)n(-c2ccccc2)n1C. The summed E-state index contributed by atoms with van der Waals surface area (Å²) in [6, 6.07) is 23.2. The largest absolute Gasteiger partial charge is 0.490 e. The molecule has 10 heteroatoms. The smallest absolute Gasteiger partial charge is 0.297 e. The van der Waals surface area contributed by atoms with Crippen molar-refractivity contribution in [2.45, 2.75) is 18.2 Å². The zero-order chi connectivity index (χ0) is 24.4. The molecule has 3 aromatic carbocycles. The van der Waals surface area contributed by atoms with Crippen molar-refractivity contribution in [2.24, 2.45) is 7.05 Å². The highest BCUT2D eigenvalue weighted by Crippen LogP contribution is 2.26. The van der Waals surface area contributed by atoms with Gasteiger partial charge in [-0.15, -0.1) is 5.10 Å². The molecular weight excluding hydrogens is 464 g/mol. The van der Waals surface area contributed by atoms with Crippen LogP contribution in [0.3, 0.4) is 0 Å². The molecule has 0 saturated heterocycles. The van der Waals surface area contributed by atoms with Crippen molar-refractivity contribution in [3.8, 4) is 17.1 Å². The maximum atomic E-state index is 13.3. The third-order valence-corrected chi connectivity index (χ3v) is 6.83. The second kappa shape index (κ2) is 9.77. The van der Waals surface area contributed by atoms with Crippen molar-refractivity contribution in [1.82, 2.24) is 29.6 Å². The van der Waals surface area contributed by atoms with Crippen LogP contribution in [0.5, 0.6) is 5.75 Å². The number of thioether (sulfide) groups is 1. The molecule has 0 saturated carbocycles. The van der Waals surface area contributed by atoms with E-state index < -0.39 is 6.10 Å². The number of hydrogen-bond acceptors (Lipinski definition) is 7. The van der Waals surface area contributed by atoms with E-state index in [1.807, 2.05) is 86.8 Å². The van der Waals surface area contributed by atoms with E-state index in [-0.39, 0.29) is 12.2 Å². The molecule has 0 radical (unpaired) electrons. The van der Waals surface area contributed by atoms with Gasteiger partial charge in [0.2, 0.25) is 5.16 Å². The zero-order valence-electron chi connectivity index (χ0n) is 19.3. The number of tetrazole rings is 1. The van der Waals surface area contributed by atoms with Crippen LogP contribution >= 0.6 is 11.8 Å². The predicted octanol–water partition coefficient (Wildman–Crippen LogP) is 3.15. The first-order valence-electron chi connectivity index (χ1n) is 11.1. The molecule has 0 aliphatic heterocycles. The molecule has 9 nitrogen and oxygen atoms in total. The molecule has 1 unspecified atom stereocenters. The molecule has 178 valence electrons. The van der Waals surface area contributed by atoms with Gasteiger partial charge in [0.1, 0.15) is 12.4 Å². The number of ether oxygens (including phenoxy) is 1. The standard InChI is InChI=1S/C25H24N6O3S/c1-17-23(24(33)31(29(17)2)19-11-4-3-5-12-19)30-25(26-27-28-30)35-16-20(32)15-34-22-14-8-10-18-9-6-7-13-21(18)22/h3-14,20,32H,15-16H2,1-2H3. The summed E-state index contributed by atoms with van der Waals surface area (Å²) in [4.78, 5) is 13.3. The summed E-state index contributed by atoms with van der Waals surface area (Å²) >= 11 is 1.26.